The van der Waals surface area contributed by atoms with Gasteiger partial charge in [-0.3, -0.25) is 4.40 Å². The van der Waals surface area contributed by atoms with E-state index in [0.717, 1.165) is 38.0 Å². The highest BCUT2D eigenvalue weighted by atomic mass is 19.1. The lowest BCUT2D eigenvalue weighted by molar-refractivity contribution is -0.0522. The summed E-state index contributed by atoms with van der Waals surface area (Å²) >= 11 is 0. The maximum absolute atomic E-state index is 14.3. The van der Waals surface area contributed by atoms with Crippen molar-refractivity contribution < 1.29 is 13.9 Å². The third kappa shape index (κ3) is 3.84. The number of hydrogen-bond acceptors (Lipinski definition) is 6. The summed E-state index contributed by atoms with van der Waals surface area (Å²) in [7, 11) is 1.71. The highest BCUT2D eigenvalue weighted by Gasteiger charge is 2.32. The van der Waals surface area contributed by atoms with Crippen molar-refractivity contribution in [1.29, 1.82) is 0 Å². The average Bonchev–Trinajstić information content (AvgIpc) is 3.08. The van der Waals surface area contributed by atoms with E-state index < -0.39 is 5.60 Å². The fraction of sp³-hybridized carbons (Fsp3) is 0.348. The minimum atomic E-state index is -0.400. The molecule has 1 N–H and O–H groups in total. The average molecular weight is 421 g/mol. The van der Waals surface area contributed by atoms with Crippen molar-refractivity contribution in [3.63, 3.8) is 0 Å². The predicted molar refractivity (Wildman–Crippen MR) is 116 cm³/mol. The Hall–Kier alpha value is -3.10. The molecule has 3 aromatic heterocycles. The van der Waals surface area contributed by atoms with Gasteiger partial charge in [-0.15, -0.1) is 10.2 Å². The summed E-state index contributed by atoms with van der Waals surface area (Å²) in [5, 5.41) is 12.5. The van der Waals surface area contributed by atoms with Crippen LogP contribution in [0.15, 0.2) is 48.7 Å². The van der Waals surface area contributed by atoms with E-state index in [1.165, 1.54) is 12.1 Å². The molecule has 160 valence electrons. The second-order valence-corrected chi connectivity index (χ2v) is 7.90. The molecule has 1 aliphatic rings. The molecule has 0 saturated carbocycles. The Morgan fingerprint density at radius 1 is 1.13 bits per heavy atom. The number of ether oxygens (including phenoxy) is 2. The number of rotatable bonds is 5. The van der Waals surface area contributed by atoms with Crippen LogP contribution in [0.5, 0.6) is 5.75 Å². The molecule has 0 bridgehead atoms. The van der Waals surface area contributed by atoms with Gasteiger partial charge in [0, 0.05) is 24.8 Å². The van der Waals surface area contributed by atoms with Gasteiger partial charge in [0.1, 0.15) is 35.0 Å². The number of nitrogens with zero attached hydrogens (tertiary/aromatic N) is 4. The number of halogens is 1. The Kier molecular flexibility index (Phi) is 5.25. The zero-order chi connectivity index (χ0) is 21.3. The van der Waals surface area contributed by atoms with E-state index in [0.29, 0.717) is 34.8 Å². The second kappa shape index (κ2) is 8.20. The molecule has 1 atom stereocenters. The van der Waals surface area contributed by atoms with Crippen molar-refractivity contribution in [1.82, 2.24) is 24.9 Å². The Balaban J connectivity index is 1.52. The van der Waals surface area contributed by atoms with Gasteiger partial charge in [-0.1, -0.05) is 12.1 Å². The molecule has 8 heteroatoms. The van der Waals surface area contributed by atoms with Crippen LogP contribution in [0.2, 0.25) is 0 Å². The van der Waals surface area contributed by atoms with Crippen LogP contribution in [0.3, 0.4) is 0 Å². The zero-order valence-electron chi connectivity index (χ0n) is 17.3. The van der Waals surface area contributed by atoms with Crippen molar-refractivity contribution in [2.45, 2.75) is 24.9 Å². The minimum Gasteiger partial charge on any atom is -0.488 e. The first kappa shape index (κ1) is 19.8. The molecule has 31 heavy (non-hydrogen) atoms. The van der Waals surface area contributed by atoms with E-state index in [1.807, 2.05) is 40.9 Å². The Morgan fingerprint density at radius 2 is 2.06 bits per heavy atom. The molecule has 1 unspecified atom stereocenters. The van der Waals surface area contributed by atoms with E-state index >= 15 is 0 Å². The Morgan fingerprint density at radius 3 is 2.97 bits per heavy atom. The van der Waals surface area contributed by atoms with E-state index in [2.05, 4.69) is 15.5 Å². The van der Waals surface area contributed by atoms with E-state index in [9.17, 15) is 4.39 Å². The quantitative estimate of drug-likeness (QED) is 0.531. The predicted octanol–water partition coefficient (Wildman–Crippen LogP) is 3.62. The van der Waals surface area contributed by atoms with Crippen molar-refractivity contribution >= 4 is 16.6 Å². The first-order chi connectivity index (χ1) is 15.2. The normalized spacial score (nSPS) is 19.5. The van der Waals surface area contributed by atoms with Crippen molar-refractivity contribution in [2.24, 2.45) is 0 Å². The fourth-order valence-corrected chi connectivity index (χ4v) is 4.14. The summed E-state index contributed by atoms with van der Waals surface area (Å²) in [6.07, 6.45) is 4.61. The molecule has 0 radical (unpaired) electrons. The third-order valence-electron chi connectivity index (χ3n) is 5.93. The lowest BCUT2D eigenvalue weighted by Gasteiger charge is -2.31. The fourth-order valence-electron chi connectivity index (χ4n) is 4.14. The van der Waals surface area contributed by atoms with Crippen molar-refractivity contribution in [2.75, 3.05) is 26.8 Å². The summed E-state index contributed by atoms with van der Waals surface area (Å²) in [6, 6.07) is 12.2. The second-order valence-electron chi connectivity index (χ2n) is 7.90. The topological polar surface area (TPSA) is 73.6 Å². The zero-order valence-corrected chi connectivity index (χ0v) is 17.3. The van der Waals surface area contributed by atoms with Gasteiger partial charge in [0.05, 0.1) is 0 Å². The largest absolute Gasteiger partial charge is 0.488 e. The van der Waals surface area contributed by atoms with Crippen LogP contribution in [0, 0.1) is 5.82 Å². The molecule has 1 saturated heterocycles. The molecule has 7 nitrogen and oxygen atoms in total. The van der Waals surface area contributed by atoms with Gasteiger partial charge in [-0.05, 0) is 56.6 Å². The van der Waals surface area contributed by atoms with Crippen LogP contribution in [-0.2, 0) is 4.74 Å². The third-order valence-corrected chi connectivity index (χ3v) is 5.93. The molecule has 1 fully saturated rings. The molecule has 1 aromatic carbocycles. The number of nitrogens with one attached hydrogen (secondary N) is 1. The molecule has 1 aliphatic heterocycles. The SMILES string of the molecule is COC1(COc2cc(F)cc3ccc(-c4nnc5ccccn45)nc23)CCCNCC1. The monoisotopic (exact) mass is 421 g/mol. The molecule has 0 spiro atoms. The first-order valence-corrected chi connectivity index (χ1v) is 10.5. The summed E-state index contributed by atoms with van der Waals surface area (Å²) in [5.41, 5.74) is 1.56. The number of aromatic nitrogens is 4. The standard InChI is InChI=1S/C23H24FN5O2/c1-30-23(8-4-10-25-11-9-23)15-31-19-14-17(24)13-16-6-7-18(26-21(16)19)22-28-27-20-5-2-3-12-29(20)22/h2-3,5-7,12-14,25H,4,8-11,15H2,1H3. The lowest BCUT2D eigenvalue weighted by atomic mass is 9.95. The number of methoxy groups -OCH3 is 1. The van der Waals surface area contributed by atoms with Crippen LogP contribution in [0.4, 0.5) is 4.39 Å². The van der Waals surface area contributed by atoms with E-state index in [-0.39, 0.29) is 5.82 Å². The Bertz CT molecular complexity index is 1220. The van der Waals surface area contributed by atoms with Crippen LogP contribution >= 0.6 is 0 Å². The number of benzene rings is 1. The van der Waals surface area contributed by atoms with Crippen molar-refractivity contribution in [3.8, 4) is 17.3 Å². The number of pyridine rings is 2. The number of fused-ring (bicyclic) bond motifs is 2. The molecule has 4 aromatic rings. The van der Waals surface area contributed by atoms with Crippen LogP contribution < -0.4 is 10.1 Å². The van der Waals surface area contributed by atoms with Gasteiger partial charge in [-0.2, -0.15) is 0 Å². The van der Waals surface area contributed by atoms with Crippen LogP contribution in [0.1, 0.15) is 19.3 Å². The van der Waals surface area contributed by atoms with Gasteiger partial charge in [0.2, 0.25) is 0 Å². The van der Waals surface area contributed by atoms with E-state index in [1.54, 1.807) is 7.11 Å². The highest BCUT2D eigenvalue weighted by Crippen LogP contribution is 2.31. The lowest BCUT2D eigenvalue weighted by Crippen LogP contribution is -2.39. The smallest absolute Gasteiger partial charge is 0.187 e. The Labute approximate surface area is 179 Å². The molecule has 0 amide bonds. The van der Waals surface area contributed by atoms with Gasteiger partial charge in [-0.25, -0.2) is 9.37 Å². The molecule has 0 aliphatic carbocycles. The van der Waals surface area contributed by atoms with Gasteiger partial charge < -0.3 is 14.8 Å². The maximum Gasteiger partial charge on any atom is 0.187 e. The summed E-state index contributed by atoms with van der Waals surface area (Å²) in [6.45, 7) is 2.16. The summed E-state index contributed by atoms with van der Waals surface area (Å²) in [4.78, 5) is 4.77. The first-order valence-electron chi connectivity index (χ1n) is 10.5. The summed E-state index contributed by atoms with van der Waals surface area (Å²) < 4.78 is 28.2. The molecular formula is C23H24FN5O2. The van der Waals surface area contributed by atoms with Crippen molar-refractivity contribution in [3.05, 3.63) is 54.5 Å². The summed E-state index contributed by atoms with van der Waals surface area (Å²) in [5.74, 6) is 0.661. The van der Waals surface area contributed by atoms with Crippen LogP contribution in [-0.4, -0.2) is 52.0 Å². The molecular weight excluding hydrogens is 397 g/mol. The van der Waals surface area contributed by atoms with Crippen LogP contribution in [0.25, 0.3) is 28.1 Å². The highest BCUT2D eigenvalue weighted by molar-refractivity contribution is 5.86. The van der Waals surface area contributed by atoms with Gasteiger partial charge in [0.25, 0.3) is 0 Å². The maximum atomic E-state index is 14.3. The number of hydrogen-bond donors (Lipinski definition) is 1. The molecule has 4 heterocycles. The minimum absolute atomic E-state index is 0.337. The van der Waals surface area contributed by atoms with E-state index in [4.69, 9.17) is 14.5 Å². The van der Waals surface area contributed by atoms with Gasteiger partial charge >= 0.3 is 0 Å². The molecule has 5 rings (SSSR count). The van der Waals surface area contributed by atoms with Gasteiger partial charge in [0.15, 0.2) is 11.5 Å².